The van der Waals surface area contributed by atoms with E-state index in [4.69, 9.17) is 20.9 Å². The minimum atomic E-state index is -2.83. The molecule has 2 aromatic rings. The van der Waals surface area contributed by atoms with Gasteiger partial charge in [0.2, 0.25) is 5.75 Å². The summed E-state index contributed by atoms with van der Waals surface area (Å²) in [7, 11) is -1.73. The molecule has 0 saturated carbocycles. The Morgan fingerprint density at radius 1 is 1.10 bits per heavy atom. The van der Waals surface area contributed by atoms with Crippen molar-refractivity contribution in [3.05, 3.63) is 61.1 Å². The monoisotopic (exact) mass is 457 g/mol. The number of benzene rings is 2. The zero-order valence-electron chi connectivity index (χ0n) is 15.7. The van der Waals surface area contributed by atoms with Crippen LogP contribution in [-0.4, -0.2) is 29.5 Å². The molecule has 0 saturated heterocycles. The maximum absolute atomic E-state index is 12.4. The van der Waals surface area contributed by atoms with Gasteiger partial charge in [0.05, 0.1) is 17.0 Å². The molecule has 0 aliphatic heterocycles. The molecule has 11 nitrogen and oxygen atoms in total. The molecule has 0 aliphatic rings. The lowest BCUT2D eigenvalue weighted by Gasteiger charge is -2.10. The highest BCUT2D eigenvalue weighted by Crippen LogP contribution is 2.38. The van der Waals surface area contributed by atoms with Gasteiger partial charge in [-0.1, -0.05) is 18.5 Å². The van der Waals surface area contributed by atoms with E-state index in [1.807, 2.05) is 0 Å². The molecule has 2 aromatic carbocycles. The zero-order valence-corrected chi connectivity index (χ0v) is 17.3. The molecule has 0 heterocycles. The van der Waals surface area contributed by atoms with Crippen LogP contribution in [-0.2, 0) is 25.0 Å². The van der Waals surface area contributed by atoms with Gasteiger partial charge in [0.25, 0.3) is 0 Å². The van der Waals surface area contributed by atoms with Gasteiger partial charge in [0, 0.05) is 28.8 Å². The number of nitro benzene ring substituents is 2. The van der Waals surface area contributed by atoms with E-state index in [1.165, 1.54) is 12.1 Å². The number of ether oxygens (including phenoxy) is 2. The van der Waals surface area contributed by atoms with Crippen LogP contribution in [0.1, 0.15) is 12.5 Å². The Morgan fingerprint density at radius 3 is 2.33 bits per heavy atom. The lowest BCUT2D eigenvalue weighted by atomic mass is 10.1. The first-order valence-electron chi connectivity index (χ1n) is 8.28. The number of rotatable bonds is 9. The minimum absolute atomic E-state index is 0.00791. The van der Waals surface area contributed by atoms with Crippen LogP contribution in [0.25, 0.3) is 0 Å². The number of halogens is 1. The number of esters is 1. The van der Waals surface area contributed by atoms with Gasteiger partial charge < -0.3 is 9.47 Å². The molecule has 0 radical (unpaired) electrons. The zero-order chi connectivity index (χ0) is 22.4. The van der Waals surface area contributed by atoms with Gasteiger partial charge in [-0.2, -0.15) is 0 Å². The summed E-state index contributed by atoms with van der Waals surface area (Å²) in [5.41, 5.74) is -0.586. The number of hydrogen-bond acceptors (Lipinski definition) is 9. The molecule has 0 amide bonds. The maximum Gasteiger partial charge on any atom is 0.556 e. The van der Waals surface area contributed by atoms with E-state index < -0.39 is 41.8 Å². The van der Waals surface area contributed by atoms with Crippen LogP contribution in [0.4, 0.5) is 11.4 Å². The normalized spacial score (nSPS) is 11.0. The molecule has 158 valence electrons. The van der Waals surface area contributed by atoms with E-state index >= 15 is 0 Å². The van der Waals surface area contributed by atoms with E-state index in [0.717, 1.165) is 25.3 Å². The predicted octanol–water partition coefficient (Wildman–Crippen LogP) is 4.07. The summed E-state index contributed by atoms with van der Waals surface area (Å²) < 4.78 is 27.3. The average Bonchev–Trinajstić information content (AvgIpc) is 2.72. The Bertz CT molecular complexity index is 1030. The molecular weight excluding hydrogens is 443 g/mol. The van der Waals surface area contributed by atoms with Crippen molar-refractivity contribution in [2.45, 2.75) is 13.3 Å². The maximum atomic E-state index is 12.4. The fraction of sp³-hybridized carbons (Fsp3) is 0.235. The number of nitro groups is 2. The highest BCUT2D eigenvalue weighted by atomic mass is 35.5. The third kappa shape index (κ3) is 5.47. The Labute approximate surface area is 175 Å². The van der Waals surface area contributed by atoms with Crippen molar-refractivity contribution in [1.82, 2.24) is 0 Å². The average molecular weight is 458 g/mol. The van der Waals surface area contributed by atoms with Gasteiger partial charge in [-0.15, -0.1) is 4.52 Å². The van der Waals surface area contributed by atoms with Crippen molar-refractivity contribution in [3.63, 3.8) is 0 Å². The first-order valence-corrected chi connectivity index (χ1v) is 9.83. The van der Waals surface area contributed by atoms with Gasteiger partial charge in [0.1, 0.15) is 5.75 Å². The van der Waals surface area contributed by atoms with Crippen LogP contribution >= 0.6 is 19.6 Å². The standard InChI is InChI=1S/C17H15ClN2O9P/c1-3-10-6-13(20(24)25)16(30(26)28-9-17(21)27-2)8-15(10)29-14-5-4-11(18)7-12(14)19(22)23/h4-8H,3,9H2,1-2H3/q+1. The Morgan fingerprint density at radius 2 is 1.77 bits per heavy atom. The van der Waals surface area contributed by atoms with Crippen LogP contribution in [0.5, 0.6) is 11.5 Å². The number of nitrogens with zero attached hydrogens (tertiary/aromatic N) is 2. The highest BCUT2D eigenvalue weighted by Gasteiger charge is 2.36. The van der Waals surface area contributed by atoms with Crippen molar-refractivity contribution in [3.8, 4) is 11.5 Å². The number of carbonyl (C=O) groups excluding carboxylic acids is 1. The predicted molar refractivity (Wildman–Crippen MR) is 106 cm³/mol. The van der Waals surface area contributed by atoms with Crippen molar-refractivity contribution in [2.75, 3.05) is 13.7 Å². The van der Waals surface area contributed by atoms with Crippen molar-refractivity contribution < 1.29 is 33.2 Å². The molecule has 0 spiro atoms. The SMILES string of the molecule is CCc1cc([N+](=O)[O-])c([P+](=O)OCC(=O)OC)cc1Oc1ccc(Cl)cc1[N+](=O)[O-]. The van der Waals surface area contributed by atoms with E-state index in [9.17, 15) is 29.6 Å². The summed E-state index contributed by atoms with van der Waals surface area (Å²) in [6, 6.07) is 5.98. The van der Waals surface area contributed by atoms with Crippen molar-refractivity contribution in [2.24, 2.45) is 0 Å². The first kappa shape index (κ1) is 23.1. The molecule has 2 rings (SSSR count). The minimum Gasteiger partial charge on any atom is -0.467 e. The first-order chi connectivity index (χ1) is 14.2. The van der Waals surface area contributed by atoms with Gasteiger partial charge in [0.15, 0.2) is 6.61 Å². The second kappa shape index (κ2) is 10.1. The number of carbonyl (C=O) groups is 1. The number of methoxy groups -OCH3 is 1. The van der Waals surface area contributed by atoms with Crippen LogP contribution in [0, 0.1) is 20.2 Å². The van der Waals surface area contributed by atoms with E-state index in [2.05, 4.69) is 4.74 Å². The third-order valence-corrected chi connectivity index (χ3v) is 5.15. The van der Waals surface area contributed by atoms with E-state index in [1.54, 1.807) is 6.92 Å². The molecule has 1 unspecified atom stereocenters. The molecule has 30 heavy (non-hydrogen) atoms. The lowest BCUT2D eigenvalue weighted by Crippen LogP contribution is -2.12. The van der Waals surface area contributed by atoms with Gasteiger partial charge >= 0.3 is 30.7 Å². The molecule has 13 heteroatoms. The van der Waals surface area contributed by atoms with Crippen LogP contribution in [0.15, 0.2) is 30.3 Å². The van der Waals surface area contributed by atoms with E-state index in [0.29, 0.717) is 5.56 Å². The topological polar surface area (TPSA) is 148 Å². The Hall–Kier alpha value is -3.14. The number of aryl methyl sites for hydroxylation is 1. The summed E-state index contributed by atoms with van der Waals surface area (Å²) in [5, 5.41) is 22.5. The summed E-state index contributed by atoms with van der Waals surface area (Å²) >= 11 is 5.79. The second-order valence-corrected chi connectivity index (χ2v) is 7.33. The van der Waals surface area contributed by atoms with Crippen molar-refractivity contribution in [1.29, 1.82) is 0 Å². The molecule has 0 N–H and O–H groups in total. The van der Waals surface area contributed by atoms with Gasteiger partial charge in [-0.05, 0) is 23.1 Å². The quantitative estimate of drug-likeness (QED) is 0.235. The molecule has 0 bridgehead atoms. The van der Waals surface area contributed by atoms with Gasteiger partial charge in [-0.3, -0.25) is 20.2 Å². The summed E-state index contributed by atoms with van der Waals surface area (Å²) in [4.78, 5) is 32.5. The largest absolute Gasteiger partial charge is 0.556 e. The number of hydrogen-bond donors (Lipinski definition) is 0. The van der Waals surface area contributed by atoms with Crippen LogP contribution < -0.4 is 10.0 Å². The Kier molecular flexibility index (Phi) is 7.76. The lowest BCUT2D eigenvalue weighted by molar-refractivity contribution is -0.385. The third-order valence-electron chi connectivity index (χ3n) is 3.80. The summed E-state index contributed by atoms with van der Waals surface area (Å²) in [6.07, 6.45) is 0.275. The molecule has 0 aliphatic carbocycles. The molecular formula is C17H15ClN2O9P+. The van der Waals surface area contributed by atoms with E-state index in [-0.39, 0.29) is 28.2 Å². The smallest absolute Gasteiger partial charge is 0.467 e. The Balaban J connectivity index is 2.52. The summed E-state index contributed by atoms with van der Waals surface area (Å²) in [6.45, 7) is 1.01. The second-order valence-electron chi connectivity index (χ2n) is 5.64. The molecule has 0 fully saturated rings. The highest BCUT2D eigenvalue weighted by molar-refractivity contribution is 7.48. The summed E-state index contributed by atoms with van der Waals surface area (Å²) in [5.74, 6) is -0.974. The van der Waals surface area contributed by atoms with Crippen LogP contribution in [0.3, 0.4) is 0 Å². The molecule has 1 atom stereocenters. The molecule has 0 aromatic heterocycles. The fourth-order valence-electron chi connectivity index (χ4n) is 2.34. The van der Waals surface area contributed by atoms with Gasteiger partial charge in [-0.25, -0.2) is 4.79 Å². The fourth-order valence-corrected chi connectivity index (χ4v) is 3.43. The van der Waals surface area contributed by atoms with Crippen LogP contribution in [0.2, 0.25) is 5.02 Å². The van der Waals surface area contributed by atoms with Crippen molar-refractivity contribution >= 4 is 42.3 Å².